The van der Waals surface area contributed by atoms with Crippen molar-refractivity contribution in [2.75, 3.05) is 19.8 Å². The van der Waals surface area contributed by atoms with Crippen molar-refractivity contribution in [2.24, 2.45) is 0 Å². The molecule has 2 unspecified atom stereocenters. The lowest BCUT2D eigenvalue weighted by Gasteiger charge is -2.39. The Balaban J connectivity index is 2.42. The van der Waals surface area contributed by atoms with Gasteiger partial charge in [-0.25, -0.2) is 0 Å². The second-order valence-electron chi connectivity index (χ2n) is 15.2. The molecular weight excluding hydrogens is 749 g/mol. The van der Waals surface area contributed by atoms with Crippen LogP contribution >= 0.6 is 0 Å². The number of aliphatic hydroxyl groups excluding tert-OH is 4. The lowest BCUT2D eigenvalue weighted by Crippen LogP contribution is -2.59. The molecule has 0 amide bonds. The maximum atomic E-state index is 12.7. The molecule has 0 aromatic heterocycles. The van der Waals surface area contributed by atoms with E-state index in [1.165, 1.54) is 57.8 Å². The molecule has 10 heteroatoms. The molecule has 10 nitrogen and oxygen atoms in total. The Labute approximate surface area is 356 Å². The first kappa shape index (κ1) is 53.9. The van der Waals surface area contributed by atoms with Gasteiger partial charge in [0.15, 0.2) is 12.4 Å². The number of aliphatic hydroxyl groups is 4. The van der Waals surface area contributed by atoms with Gasteiger partial charge in [-0.1, -0.05) is 132 Å². The van der Waals surface area contributed by atoms with E-state index in [-0.39, 0.29) is 26.1 Å². The fourth-order valence-electron chi connectivity index (χ4n) is 6.21. The summed E-state index contributed by atoms with van der Waals surface area (Å²) in [6.07, 6.45) is 39.8. The zero-order valence-corrected chi connectivity index (χ0v) is 36.5. The van der Waals surface area contributed by atoms with Crippen LogP contribution in [0, 0.1) is 0 Å². The van der Waals surface area contributed by atoms with Gasteiger partial charge in [0.25, 0.3) is 0 Å². The first-order chi connectivity index (χ1) is 28.8. The first-order valence-electron chi connectivity index (χ1n) is 22.7. The highest BCUT2D eigenvalue weighted by Gasteiger charge is 2.44. The van der Waals surface area contributed by atoms with Crippen molar-refractivity contribution in [1.29, 1.82) is 0 Å². The fourth-order valence-corrected chi connectivity index (χ4v) is 6.21. The van der Waals surface area contributed by atoms with Crippen LogP contribution in [0.4, 0.5) is 0 Å². The molecule has 1 aliphatic rings. The molecule has 0 aromatic carbocycles. The van der Waals surface area contributed by atoms with Crippen molar-refractivity contribution >= 4 is 11.9 Å². The van der Waals surface area contributed by atoms with Crippen molar-refractivity contribution in [2.45, 2.75) is 198 Å². The molecule has 6 atom stereocenters. The van der Waals surface area contributed by atoms with Gasteiger partial charge in [-0.05, 0) is 89.2 Å². The van der Waals surface area contributed by atoms with Crippen molar-refractivity contribution in [3.8, 4) is 0 Å². The third-order valence-corrected chi connectivity index (χ3v) is 9.85. The SMILES string of the molecule is CCCCC/C=C/C/C=C/C/C=C/C/C=C/C/C=C/CCC(=O)O[C@H](COC(=O)CCCCCCCC=C=CCCCCCCC)CO[C@@H]1O[C@H](CO)[C@H](O)C(O)C1O. The number of ether oxygens (including phenoxy) is 4. The molecule has 0 bridgehead atoms. The molecule has 336 valence electrons. The fraction of sp³-hybridized carbons (Fsp3) is 0.694. The summed E-state index contributed by atoms with van der Waals surface area (Å²) < 4.78 is 22.0. The average Bonchev–Trinajstić information content (AvgIpc) is 3.23. The van der Waals surface area contributed by atoms with Gasteiger partial charge in [-0.15, -0.1) is 5.73 Å². The van der Waals surface area contributed by atoms with Crippen LogP contribution in [-0.2, 0) is 28.5 Å². The Hall–Kier alpha value is -3.08. The minimum atomic E-state index is -1.61. The van der Waals surface area contributed by atoms with Gasteiger partial charge in [0, 0.05) is 12.8 Å². The predicted molar refractivity (Wildman–Crippen MR) is 236 cm³/mol. The van der Waals surface area contributed by atoms with Crippen LogP contribution in [0.2, 0.25) is 0 Å². The zero-order chi connectivity index (χ0) is 43.0. The monoisotopic (exact) mass is 829 g/mol. The molecule has 0 saturated carbocycles. The number of allylic oxidation sites excluding steroid dienone is 11. The van der Waals surface area contributed by atoms with E-state index in [1.54, 1.807) is 0 Å². The Morgan fingerprint density at radius 2 is 1.08 bits per heavy atom. The van der Waals surface area contributed by atoms with Gasteiger partial charge < -0.3 is 39.4 Å². The van der Waals surface area contributed by atoms with Crippen LogP contribution in [0.3, 0.4) is 0 Å². The molecule has 0 aliphatic carbocycles. The van der Waals surface area contributed by atoms with Crippen molar-refractivity contribution in [3.63, 3.8) is 0 Å². The number of unbranched alkanes of at least 4 members (excludes halogenated alkanes) is 13. The van der Waals surface area contributed by atoms with E-state index in [4.69, 9.17) is 18.9 Å². The van der Waals surface area contributed by atoms with E-state index in [1.807, 2.05) is 12.2 Å². The van der Waals surface area contributed by atoms with Crippen LogP contribution in [-0.4, -0.2) is 89.0 Å². The Morgan fingerprint density at radius 1 is 0.576 bits per heavy atom. The summed E-state index contributed by atoms with van der Waals surface area (Å²) in [7, 11) is 0. The summed E-state index contributed by atoms with van der Waals surface area (Å²) in [6.45, 7) is 3.27. The minimum Gasteiger partial charge on any atom is -0.462 e. The van der Waals surface area contributed by atoms with Crippen LogP contribution in [0.5, 0.6) is 0 Å². The van der Waals surface area contributed by atoms with Crippen LogP contribution in [0.15, 0.2) is 78.6 Å². The second kappa shape index (κ2) is 39.1. The number of carbonyl (C=O) groups excluding carboxylic acids is 2. The first-order valence-corrected chi connectivity index (χ1v) is 22.7. The van der Waals surface area contributed by atoms with Crippen molar-refractivity contribution in [1.82, 2.24) is 0 Å². The van der Waals surface area contributed by atoms with E-state index in [0.29, 0.717) is 12.8 Å². The van der Waals surface area contributed by atoms with Crippen molar-refractivity contribution < 1.29 is 49.0 Å². The van der Waals surface area contributed by atoms with Gasteiger partial charge in [0.1, 0.15) is 31.0 Å². The number of carbonyl (C=O) groups is 2. The number of rotatable bonds is 36. The highest BCUT2D eigenvalue weighted by atomic mass is 16.7. The van der Waals surface area contributed by atoms with Gasteiger partial charge in [0.2, 0.25) is 0 Å². The molecule has 4 N–H and O–H groups in total. The predicted octanol–water partition coefficient (Wildman–Crippen LogP) is 9.76. The van der Waals surface area contributed by atoms with Crippen LogP contribution in [0.25, 0.3) is 0 Å². The third kappa shape index (κ3) is 30.6. The molecule has 1 rings (SSSR count). The maximum absolute atomic E-state index is 12.7. The topological polar surface area (TPSA) is 152 Å². The summed E-state index contributed by atoms with van der Waals surface area (Å²) >= 11 is 0. The number of hydrogen-bond donors (Lipinski definition) is 4. The lowest BCUT2D eigenvalue weighted by molar-refractivity contribution is -0.305. The minimum absolute atomic E-state index is 0.0980. The smallest absolute Gasteiger partial charge is 0.306 e. The molecular formula is C49H80O10. The summed E-state index contributed by atoms with van der Waals surface area (Å²) in [5, 5.41) is 40.1. The quantitative estimate of drug-likeness (QED) is 0.0208. The Morgan fingerprint density at radius 3 is 1.68 bits per heavy atom. The molecule has 1 fully saturated rings. The van der Waals surface area contributed by atoms with Crippen LogP contribution in [0.1, 0.15) is 162 Å². The summed E-state index contributed by atoms with van der Waals surface area (Å²) in [5.41, 5.74) is 3.29. The largest absolute Gasteiger partial charge is 0.462 e. The van der Waals surface area contributed by atoms with Gasteiger partial charge in [-0.3, -0.25) is 9.59 Å². The zero-order valence-electron chi connectivity index (χ0n) is 36.5. The molecule has 1 aliphatic heterocycles. The second-order valence-corrected chi connectivity index (χ2v) is 15.2. The van der Waals surface area contributed by atoms with Crippen LogP contribution < -0.4 is 0 Å². The molecule has 1 saturated heterocycles. The number of hydrogen-bond acceptors (Lipinski definition) is 10. The van der Waals surface area contributed by atoms with Gasteiger partial charge in [0.05, 0.1) is 13.2 Å². The molecule has 0 spiro atoms. The highest BCUT2D eigenvalue weighted by molar-refractivity contribution is 5.70. The highest BCUT2D eigenvalue weighted by Crippen LogP contribution is 2.22. The standard InChI is InChI=1S/C49H80O10/c1-3-5-7-9-11-13-15-17-19-20-21-22-24-26-28-30-32-34-36-38-45(52)58-42(41-57-49-48(55)47(54)46(53)43(39-50)59-49)40-56-44(51)37-35-33-31-29-27-25-23-18-16-14-12-10-8-6-4-2/h11,13,16-17,19,21-23,26,28,32,34,42-43,46-50,53-55H,3-10,12,14-15,20,24-25,27,29-31,33,35-41H2,1-2H3/b13-11+,19-17+,22-21+,28-26+,34-32+/t18?,42-,43-,46+,47?,48?,49-/m1/s1. The molecule has 0 aromatic rings. The normalized spacial score (nSPS) is 20.3. The molecule has 0 radical (unpaired) electrons. The number of esters is 2. The Bertz CT molecular complexity index is 1250. The van der Waals surface area contributed by atoms with Gasteiger partial charge >= 0.3 is 11.9 Å². The van der Waals surface area contributed by atoms with E-state index >= 15 is 0 Å². The molecule has 59 heavy (non-hydrogen) atoms. The summed E-state index contributed by atoms with van der Waals surface area (Å²) in [4.78, 5) is 25.3. The van der Waals surface area contributed by atoms with E-state index < -0.39 is 55.4 Å². The Kier molecular flexibility index (Phi) is 35.7. The van der Waals surface area contributed by atoms with E-state index in [0.717, 1.165) is 64.2 Å². The maximum Gasteiger partial charge on any atom is 0.306 e. The summed E-state index contributed by atoms with van der Waals surface area (Å²) in [5.74, 6) is -0.931. The summed E-state index contributed by atoms with van der Waals surface area (Å²) in [6, 6.07) is 0. The van der Waals surface area contributed by atoms with E-state index in [9.17, 15) is 30.0 Å². The third-order valence-electron chi connectivity index (χ3n) is 9.85. The van der Waals surface area contributed by atoms with E-state index in [2.05, 4.69) is 80.3 Å². The molecule has 1 heterocycles. The average molecular weight is 829 g/mol. The lowest BCUT2D eigenvalue weighted by atomic mass is 9.99. The van der Waals surface area contributed by atoms with Gasteiger partial charge in [-0.2, -0.15) is 0 Å². The van der Waals surface area contributed by atoms with Crippen molar-refractivity contribution in [3.05, 3.63) is 78.6 Å².